The van der Waals surface area contributed by atoms with Crippen molar-refractivity contribution >= 4 is 39.2 Å². The molecule has 9 heteroatoms. The Morgan fingerprint density at radius 2 is 1.53 bits per heavy atom. The molecule has 38 heavy (non-hydrogen) atoms. The Morgan fingerprint density at radius 1 is 0.868 bits per heavy atom. The van der Waals surface area contributed by atoms with E-state index in [0.29, 0.717) is 45.1 Å². The van der Waals surface area contributed by atoms with Gasteiger partial charge in [-0.3, -0.25) is 18.7 Å². The van der Waals surface area contributed by atoms with Gasteiger partial charge in [-0.05, 0) is 42.0 Å². The molecule has 4 aromatic rings. The van der Waals surface area contributed by atoms with E-state index in [0.717, 1.165) is 14.6 Å². The van der Waals surface area contributed by atoms with Gasteiger partial charge in [0.25, 0.3) is 5.56 Å². The SMILES string of the molecule is Cn1c2c(c(=O)n(C)c1=O)[C@H](c1ccc(OC(=O)c3ccc(Br)cc3)cc1)C1=C(N2)c2ccccc2C1=O. The highest BCUT2D eigenvalue weighted by Gasteiger charge is 2.42. The normalized spacial score (nSPS) is 15.4. The molecule has 1 N–H and O–H groups in total. The summed E-state index contributed by atoms with van der Waals surface area (Å²) in [7, 11) is 3.01. The van der Waals surface area contributed by atoms with Crippen LogP contribution >= 0.6 is 15.9 Å². The van der Waals surface area contributed by atoms with Crippen LogP contribution in [0.25, 0.3) is 5.70 Å². The maximum Gasteiger partial charge on any atom is 0.343 e. The molecule has 0 fully saturated rings. The largest absolute Gasteiger partial charge is 0.423 e. The van der Waals surface area contributed by atoms with Crippen LogP contribution in [0.2, 0.25) is 0 Å². The van der Waals surface area contributed by atoms with E-state index >= 15 is 0 Å². The van der Waals surface area contributed by atoms with Crippen molar-refractivity contribution in [1.29, 1.82) is 0 Å². The van der Waals surface area contributed by atoms with Crippen LogP contribution in [0.4, 0.5) is 5.82 Å². The van der Waals surface area contributed by atoms with Crippen LogP contribution in [-0.2, 0) is 14.1 Å². The molecule has 0 unspecified atom stereocenters. The number of ketones is 1. The van der Waals surface area contributed by atoms with Crippen molar-refractivity contribution in [3.05, 3.63) is 131 Å². The fraction of sp³-hybridized carbons (Fsp3) is 0.103. The van der Waals surface area contributed by atoms with Gasteiger partial charge >= 0.3 is 11.7 Å². The zero-order chi connectivity index (χ0) is 26.7. The van der Waals surface area contributed by atoms with Gasteiger partial charge in [-0.1, -0.05) is 52.3 Å². The summed E-state index contributed by atoms with van der Waals surface area (Å²) < 4.78 is 8.80. The molecule has 0 saturated heterocycles. The fourth-order valence-electron chi connectivity index (χ4n) is 5.07. The number of carbonyl (C=O) groups is 2. The van der Waals surface area contributed by atoms with E-state index in [1.165, 1.54) is 11.6 Å². The molecular formula is C29H20BrN3O5. The Balaban J connectivity index is 1.46. The highest BCUT2D eigenvalue weighted by molar-refractivity contribution is 9.10. The first-order chi connectivity index (χ1) is 18.3. The minimum absolute atomic E-state index is 0.180. The smallest absolute Gasteiger partial charge is 0.343 e. The van der Waals surface area contributed by atoms with Crippen LogP contribution in [-0.4, -0.2) is 20.9 Å². The average molecular weight is 570 g/mol. The van der Waals surface area contributed by atoms with Crippen molar-refractivity contribution in [1.82, 2.24) is 9.13 Å². The number of anilines is 1. The molecule has 0 saturated carbocycles. The second kappa shape index (κ2) is 8.81. The second-order valence-corrected chi connectivity index (χ2v) is 10.1. The predicted octanol–water partition coefficient (Wildman–Crippen LogP) is 4.23. The van der Waals surface area contributed by atoms with Gasteiger partial charge in [-0.15, -0.1) is 0 Å². The zero-order valence-electron chi connectivity index (χ0n) is 20.3. The Morgan fingerprint density at radius 3 is 2.21 bits per heavy atom. The number of esters is 1. The monoisotopic (exact) mass is 569 g/mol. The van der Waals surface area contributed by atoms with Gasteiger partial charge in [-0.2, -0.15) is 0 Å². The minimum Gasteiger partial charge on any atom is -0.423 e. The number of hydrogen-bond acceptors (Lipinski definition) is 6. The van der Waals surface area contributed by atoms with Crippen LogP contribution in [0, 0.1) is 0 Å². The third kappa shape index (κ3) is 3.58. The molecule has 0 amide bonds. The van der Waals surface area contributed by atoms with Gasteiger partial charge < -0.3 is 10.1 Å². The number of rotatable bonds is 3. The number of nitrogens with zero attached hydrogens (tertiary/aromatic N) is 2. The first-order valence-corrected chi connectivity index (χ1v) is 12.6. The van der Waals surface area contributed by atoms with Gasteiger partial charge in [0.15, 0.2) is 5.78 Å². The number of halogens is 1. The third-order valence-electron chi connectivity index (χ3n) is 6.98. The summed E-state index contributed by atoms with van der Waals surface area (Å²) in [6.07, 6.45) is 0. The molecule has 188 valence electrons. The van der Waals surface area contributed by atoms with E-state index in [1.54, 1.807) is 67.7 Å². The summed E-state index contributed by atoms with van der Waals surface area (Å²) in [5.74, 6) is -0.757. The highest BCUT2D eigenvalue weighted by atomic mass is 79.9. The standard InChI is InChI=1S/C29H20BrN3O5/c1-32-26-23(27(35)33(2)29(32)37)21(22-24(31-26)19-5-3-4-6-20(19)25(22)34)15-9-13-18(14-10-15)38-28(36)16-7-11-17(30)12-8-16/h3-14,21,31H,1-2H3/t21-/m1/s1. The van der Waals surface area contributed by atoms with Crippen molar-refractivity contribution in [2.75, 3.05) is 5.32 Å². The Labute approximate surface area is 224 Å². The summed E-state index contributed by atoms with van der Waals surface area (Å²) >= 11 is 3.34. The second-order valence-electron chi connectivity index (χ2n) is 9.15. The van der Waals surface area contributed by atoms with Gasteiger partial charge in [0.05, 0.1) is 16.8 Å². The molecule has 2 aliphatic rings. The molecule has 1 aromatic heterocycles. The number of aromatic nitrogens is 2. The van der Waals surface area contributed by atoms with Gasteiger partial charge in [0.2, 0.25) is 0 Å². The van der Waals surface area contributed by atoms with Crippen LogP contribution in [0.3, 0.4) is 0 Å². The van der Waals surface area contributed by atoms with Gasteiger partial charge in [0.1, 0.15) is 11.6 Å². The predicted molar refractivity (Wildman–Crippen MR) is 146 cm³/mol. The number of allylic oxidation sites excluding steroid dienone is 1. The summed E-state index contributed by atoms with van der Waals surface area (Å²) in [5.41, 5.74) is 2.67. The van der Waals surface area contributed by atoms with Crippen LogP contribution < -0.4 is 21.3 Å². The maximum absolute atomic E-state index is 13.6. The molecule has 1 atom stereocenters. The Kier molecular flexibility index (Phi) is 5.53. The van der Waals surface area contributed by atoms with Crippen molar-refractivity contribution in [3.8, 4) is 5.75 Å². The lowest BCUT2D eigenvalue weighted by molar-refractivity contribution is 0.0734. The van der Waals surface area contributed by atoms with Crippen LogP contribution in [0.5, 0.6) is 5.75 Å². The van der Waals surface area contributed by atoms with Crippen LogP contribution in [0.1, 0.15) is 43.3 Å². The number of nitrogens with one attached hydrogen (secondary N) is 1. The molecule has 1 aliphatic carbocycles. The van der Waals surface area contributed by atoms with Crippen molar-refractivity contribution in [3.63, 3.8) is 0 Å². The van der Waals surface area contributed by atoms with Gasteiger partial charge in [0, 0.05) is 41.2 Å². The number of hydrogen-bond donors (Lipinski definition) is 1. The number of carbonyl (C=O) groups excluding carboxylic acids is 2. The first kappa shape index (κ1) is 23.9. The summed E-state index contributed by atoms with van der Waals surface area (Å²) in [6, 6.07) is 20.8. The molecular weight excluding hydrogens is 550 g/mol. The van der Waals surface area contributed by atoms with E-state index in [-0.39, 0.29) is 5.78 Å². The Hall–Kier alpha value is -4.50. The quantitative estimate of drug-likeness (QED) is 0.293. The minimum atomic E-state index is -0.733. The molecule has 1 aliphatic heterocycles. The van der Waals surface area contributed by atoms with E-state index in [4.69, 9.17) is 4.74 Å². The van der Waals surface area contributed by atoms with Crippen molar-refractivity contribution < 1.29 is 14.3 Å². The Bertz CT molecular complexity index is 1820. The molecule has 3 aromatic carbocycles. The topological polar surface area (TPSA) is 99.4 Å². The summed E-state index contributed by atoms with van der Waals surface area (Å²) in [5, 5.41) is 3.22. The number of ether oxygens (including phenoxy) is 1. The molecule has 2 heterocycles. The third-order valence-corrected chi connectivity index (χ3v) is 7.51. The zero-order valence-corrected chi connectivity index (χ0v) is 21.9. The lowest BCUT2D eigenvalue weighted by atomic mass is 9.81. The van der Waals surface area contributed by atoms with E-state index in [9.17, 15) is 19.2 Å². The van der Waals surface area contributed by atoms with Crippen molar-refractivity contribution in [2.45, 2.75) is 5.92 Å². The van der Waals surface area contributed by atoms with Crippen molar-refractivity contribution in [2.24, 2.45) is 14.1 Å². The molecule has 6 rings (SSSR count). The number of Topliss-reactive ketones (excluding diaryl/α,β-unsaturated/α-hetero) is 1. The first-order valence-electron chi connectivity index (χ1n) is 11.8. The fourth-order valence-corrected chi connectivity index (χ4v) is 5.34. The number of fused-ring (bicyclic) bond motifs is 3. The van der Waals surface area contributed by atoms with E-state index in [2.05, 4.69) is 21.2 Å². The number of benzene rings is 3. The lowest BCUT2D eigenvalue weighted by Crippen LogP contribution is -2.42. The average Bonchev–Trinajstić information content (AvgIpc) is 3.22. The summed E-state index contributed by atoms with van der Waals surface area (Å²) in [6.45, 7) is 0. The molecule has 0 bridgehead atoms. The maximum atomic E-state index is 13.6. The van der Waals surface area contributed by atoms with Crippen LogP contribution in [0.15, 0.2) is 92.4 Å². The van der Waals surface area contributed by atoms with E-state index in [1.807, 2.05) is 12.1 Å². The van der Waals surface area contributed by atoms with E-state index < -0.39 is 23.1 Å². The van der Waals surface area contributed by atoms with Gasteiger partial charge in [-0.25, -0.2) is 9.59 Å². The molecule has 8 nitrogen and oxygen atoms in total. The summed E-state index contributed by atoms with van der Waals surface area (Å²) in [4.78, 5) is 52.4. The highest BCUT2D eigenvalue weighted by Crippen LogP contribution is 2.47. The lowest BCUT2D eigenvalue weighted by Gasteiger charge is -2.29. The molecule has 0 radical (unpaired) electrons. The molecule has 0 spiro atoms.